The average Bonchev–Trinajstić information content (AvgIpc) is 2.92. The van der Waals surface area contributed by atoms with Gasteiger partial charge in [-0.2, -0.15) is 4.31 Å². The predicted octanol–water partition coefficient (Wildman–Crippen LogP) is 1.93. The Hall–Kier alpha value is -2.29. The molecule has 2 aromatic carbocycles. The highest BCUT2D eigenvalue weighted by Gasteiger charge is 2.56. The van der Waals surface area contributed by atoms with Gasteiger partial charge in [0.05, 0.1) is 17.9 Å². The zero-order valence-corrected chi connectivity index (χ0v) is 14.7. The number of carbonyl (C=O) groups is 1. The number of rotatable bonds is 4. The predicted molar refractivity (Wildman–Crippen MR) is 90.6 cm³/mol. The van der Waals surface area contributed by atoms with Crippen LogP contribution in [0.5, 0.6) is 0 Å². The van der Waals surface area contributed by atoms with E-state index in [-0.39, 0.29) is 30.3 Å². The van der Waals surface area contributed by atoms with Crippen LogP contribution >= 0.6 is 0 Å². The number of halogens is 1. The summed E-state index contributed by atoms with van der Waals surface area (Å²) in [5, 5.41) is 1.30. The van der Waals surface area contributed by atoms with Gasteiger partial charge in [0.15, 0.2) is 0 Å². The van der Waals surface area contributed by atoms with Gasteiger partial charge in [-0.15, -0.1) is 0 Å². The first-order valence-electron chi connectivity index (χ1n) is 8.17. The Morgan fingerprint density at radius 3 is 2.35 bits per heavy atom. The van der Waals surface area contributed by atoms with Crippen LogP contribution in [0.25, 0.3) is 0 Å². The second-order valence-corrected chi connectivity index (χ2v) is 8.53. The lowest BCUT2D eigenvalue weighted by Crippen LogP contribution is -2.63. The van der Waals surface area contributed by atoms with Crippen molar-refractivity contribution in [1.82, 2.24) is 9.37 Å². The van der Waals surface area contributed by atoms with Crippen molar-refractivity contribution >= 4 is 15.9 Å². The van der Waals surface area contributed by atoms with E-state index < -0.39 is 21.4 Å². The van der Waals surface area contributed by atoms with Gasteiger partial charge >= 0.3 is 0 Å². The third-order valence-corrected chi connectivity index (χ3v) is 6.41. The molecular weight excluding hydrogens is 359 g/mol. The standard InChI is InChI=1S/C18H17FN2O4S/c19-15-6-8-16(9-7-15)26(23,24)20-12-18(13-20)10-17(22)21(25-18)11-14-4-2-1-3-5-14/h1-9H,10-13H2. The summed E-state index contributed by atoms with van der Waals surface area (Å²) in [6, 6.07) is 14.1. The van der Waals surface area contributed by atoms with Crippen LogP contribution in [0, 0.1) is 5.82 Å². The number of hydrogen-bond donors (Lipinski definition) is 0. The van der Waals surface area contributed by atoms with Crippen molar-refractivity contribution in [2.45, 2.75) is 23.5 Å². The normalized spacial score (nSPS) is 19.7. The Morgan fingerprint density at radius 1 is 1.04 bits per heavy atom. The quantitative estimate of drug-likeness (QED) is 0.818. The molecule has 2 aromatic rings. The summed E-state index contributed by atoms with van der Waals surface area (Å²) in [4.78, 5) is 18.1. The monoisotopic (exact) mass is 376 g/mol. The topological polar surface area (TPSA) is 66.9 Å². The molecule has 1 amide bonds. The van der Waals surface area contributed by atoms with E-state index in [1.54, 1.807) is 0 Å². The summed E-state index contributed by atoms with van der Waals surface area (Å²) < 4.78 is 39.4. The van der Waals surface area contributed by atoms with Crippen LogP contribution in [0.1, 0.15) is 12.0 Å². The Labute approximate surface area is 150 Å². The summed E-state index contributed by atoms with van der Waals surface area (Å²) in [7, 11) is -3.72. The molecule has 0 radical (unpaired) electrons. The fraction of sp³-hybridized carbons (Fsp3) is 0.278. The minimum atomic E-state index is -3.72. The molecular formula is C18H17FN2O4S. The number of carbonyl (C=O) groups excluding carboxylic acids is 1. The summed E-state index contributed by atoms with van der Waals surface area (Å²) in [6.45, 7) is 0.527. The molecule has 0 unspecified atom stereocenters. The Kier molecular flexibility index (Phi) is 4.06. The van der Waals surface area contributed by atoms with Crippen LogP contribution in [-0.4, -0.2) is 42.4 Å². The van der Waals surface area contributed by atoms with Gasteiger partial charge in [0.2, 0.25) is 15.9 Å². The maximum Gasteiger partial charge on any atom is 0.249 e. The van der Waals surface area contributed by atoms with E-state index in [4.69, 9.17) is 4.84 Å². The minimum absolute atomic E-state index is 0.0271. The molecule has 4 rings (SSSR count). The first kappa shape index (κ1) is 17.1. The van der Waals surface area contributed by atoms with Gasteiger partial charge in [0, 0.05) is 13.1 Å². The van der Waals surface area contributed by atoms with Crippen molar-refractivity contribution in [2.75, 3.05) is 13.1 Å². The van der Waals surface area contributed by atoms with Crippen LogP contribution in [0.15, 0.2) is 59.5 Å². The summed E-state index contributed by atoms with van der Waals surface area (Å²) in [6.07, 6.45) is 0.148. The largest absolute Gasteiger partial charge is 0.272 e. The highest BCUT2D eigenvalue weighted by atomic mass is 32.2. The van der Waals surface area contributed by atoms with Crippen LogP contribution in [0.2, 0.25) is 0 Å². The van der Waals surface area contributed by atoms with Gasteiger partial charge in [-0.1, -0.05) is 30.3 Å². The van der Waals surface area contributed by atoms with Gasteiger partial charge in [0.25, 0.3) is 0 Å². The Morgan fingerprint density at radius 2 is 1.69 bits per heavy atom. The molecule has 2 fully saturated rings. The number of benzene rings is 2. The lowest BCUT2D eigenvalue weighted by atomic mass is 9.94. The third-order valence-electron chi connectivity index (χ3n) is 4.60. The van der Waals surface area contributed by atoms with E-state index in [0.717, 1.165) is 17.7 Å². The summed E-state index contributed by atoms with van der Waals surface area (Å²) in [5.41, 5.74) is 0.131. The zero-order chi connectivity index (χ0) is 18.4. The van der Waals surface area contributed by atoms with Gasteiger partial charge < -0.3 is 0 Å². The van der Waals surface area contributed by atoms with Crippen molar-refractivity contribution in [1.29, 1.82) is 0 Å². The smallest absolute Gasteiger partial charge is 0.249 e. The summed E-state index contributed by atoms with van der Waals surface area (Å²) >= 11 is 0. The van der Waals surface area contributed by atoms with Crippen molar-refractivity contribution in [3.8, 4) is 0 Å². The highest BCUT2D eigenvalue weighted by Crippen LogP contribution is 2.39. The van der Waals surface area contributed by atoms with E-state index in [9.17, 15) is 17.6 Å². The summed E-state index contributed by atoms with van der Waals surface area (Å²) in [5.74, 6) is -0.655. The van der Waals surface area contributed by atoms with Crippen LogP contribution in [0.3, 0.4) is 0 Å². The second-order valence-electron chi connectivity index (χ2n) is 6.59. The fourth-order valence-electron chi connectivity index (χ4n) is 3.24. The molecule has 8 heteroatoms. The van der Waals surface area contributed by atoms with Crippen molar-refractivity contribution in [2.24, 2.45) is 0 Å². The van der Waals surface area contributed by atoms with Crippen LogP contribution < -0.4 is 0 Å². The van der Waals surface area contributed by atoms with E-state index >= 15 is 0 Å². The van der Waals surface area contributed by atoms with Crippen molar-refractivity contribution < 1.29 is 22.4 Å². The van der Waals surface area contributed by atoms with E-state index in [1.807, 2.05) is 30.3 Å². The Bertz CT molecular complexity index is 925. The second kappa shape index (κ2) is 6.15. The maximum atomic E-state index is 13.0. The molecule has 2 aliphatic rings. The number of amides is 1. The van der Waals surface area contributed by atoms with E-state index in [0.29, 0.717) is 6.54 Å². The molecule has 0 aromatic heterocycles. The zero-order valence-electron chi connectivity index (χ0n) is 13.8. The first-order chi connectivity index (χ1) is 12.4. The van der Waals surface area contributed by atoms with E-state index in [1.165, 1.54) is 21.5 Å². The molecule has 0 aliphatic carbocycles. The Balaban J connectivity index is 1.44. The molecule has 2 aliphatic heterocycles. The van der Waals surface area contributed by atoms with Gasteiger partial charge in [-0.25, -0.2) is 17.9 Å². The first-order valence-corrected chi connectivity index (χ1v) is 9.61. The molecule has 0 N–H and O–H groups in total. The molecule has 2 saturated heterocycles. The van der Waals surface area contributed by atoms with Crippen molar-refractivity contribution in [3.05, 3.63) is 66.0 Å². The molecule has 0 atom stereocenters. The molecule has 136 valence electrons. The number of nitrogens with zero attached hydrogens (tertiary/aromatic N) is 2. The average molecular weight is 376 g/mol. The molecule has 0 bridgehead atoms. The van der Waals surface area contributed by atoms with Gasteiger partial charge in [-0.3, -0.25) is 9.63 Å². The number of hydroxylamine groups is 2. The van der Waals surface area contributed by atoms with Gasteiger partial charge in [0.1, 0.15) is 11.4 Å². The SMILES string of the molecule is O=C1CC2(CN(S(=O)(=O)c3ccc(F)cc3)C2)ON1Cc1ccccc1. The van der Waals surface area contributed by atoms with E-state index in [2.05, 4.69) is 0 Å². The molecule has 26 heavy (non-hydrogen) atoms. The molecule has 1 spiro atoms. The molecule has 2 heterocycles. The minimum Gasteiger partial charge on any atom is -0.272 e. The fourth-order valence-corrected chi connectivity index (χ4v) is 4.83. The lowest BCUT2D eigenvalue weighted by molar-refractivity contribution is -0.228. The van der Waals surface area contributed by atoms with Crippen LogP contribution in [0.4, 0.5) is 4.39 Å². The van der Waals surface area contributed by atoms with Gasteiger partial charge in [-0.05, 0) is 29.8 Å². The third kappa shape index (κ3) is 3.00. The maximum absolute atomic E-state index is 13.0. The van der Waals surface area contributed by atoms with Crippen LogP contribution in [-0.2, 0) is 26.2 Å². The highest BCUT2D eigenvalue weighted by molar-refractivity contribution is 7.89. The molecule has 0 saturated carbocycles. The van der Waals surface area contributed by atoms with Crippen molar-refractivity contribution in [3.63, 3.8) is 0 Å². The number of hydrogen-bond acceptors (Lipinski definition) is 4. The lowest BCUT2D eigenvalue weighted by Gasteiger charge is -2.44. The molecule has 6 nitrogen and oxygen atoms in total. The number of sulfonamides is 1.